The van der Waals surface area contributed by atoms with Gasteiger partial charge in [-0.25, -0.2) is 0 Å². The van der Waals surface area contributed by atoms with Crippen molar-refractivity contribution >= 4 is 36.8 Å². The summed E-state index contributed by atoms with van der Waals surface area (Å²) in [5.41, 5.74) is 0.935. The van der Waals surface area contributed by atoms with Crippen molar-refractivity contribution in [3.8, 4) is 11.8 Å². The Kier molecular flexibility index (Phi) is 7.35. The number of likely N-dealkylation sites (tertiary alicyclic amines) is 1. The second-order valence-corrected chi connectivity index (χ2v) is 10.4. The van der Waals surface area contributed by atoms with E-state index in [1.165, 1.54) is 33.7 Å². The fourth-order valence-corrected chi connectivity index (χ4v) is 5.25. The number of hydrogen-bond donors (Lipinski definition) is 2. The van der Waals surface area contributed by atoms with Crippen LogP contribution in [0.2, 0.25) is 0 Å². The standard InChI is InChI=1S/C22H23F4N7OSe/c1-31-8-5-17(16(23)13-31)30-19-18-10-14(21(35-22(24,25)26)33(18)9-7-27-19)4-3-6-28-20(34)15-11-29-32(2)12-15/h7,9-12,16-17H,5-6,8,13H2,1-2H3,(H,27,30)(H,28,34). The van der Waals surface area contributed by atoms with Crippen LogP contribution in [-0.2, 0) is 7.05 Å². The zero-order chi connectivity index (χ0) is 25.2. The van der Waals surface area contributed by atoms with Crippen molar-refractivity contribution < 1.29 is 22.4 Å². The van der Waals surface area contributed by atoms with Gasteiger partial charge in [0.2, 0.25) is 0 Å². The van der Waals surface area contributed by atoms with Crippen LogP contribution in [0.3, 0.4) is 0 Å². The first-order valence-corrected chi connectivity index (χ1v) is 12.4. The molecule has 1 amide bonds. The van der Waals surface area contributed by atoms with Crippen LogP contribution in [-0.4, -0.2) is 88.9 Å². The molecular weight excluding hydrogens is 533 g/mol. The number of halogens is 4. The number of piperidine rings is 1. The van der Waals surface area contributed by atoms with Gasteiger partial charge in [0, 0.05) is 0 Å². The Morgan fingerprint density at radius 1 is 1.34 bits per heavy atom. The van der Waals surface area contributed by atoms with Crippen LogP contribution in [0, 0.1) is 11.8 Å². The van der Waals surface area contributed by atoms with Gasteiger partial charge in [0.05, 0.1) is 0 Å². The number of amides is 1. The van der Waals surface area contributed by atoms with E-state index < -0.39 is 32.2 Å². The van der Waals surface area contributed by atoms with Crippen LogP contribution in [0.1, 0.15) is 22.3 Å². The van der Waals surface area contributed by atoms with E-state index in [-0.39, 0.29) is 29.2 Å². The zero-order valence-electron chi connectivity index (χ0n) is 18.9. The Balaban J connectivity index is 1.59. The molecule has 3 aromatic heterocycles. The number of aromatic nitrogens is 4. The summed E-state index contributed by atoms with van der Waals surface area (Å²) >= 11 is -1.88. The van der Waals surface area contributed by atoms with Crippen LogP contribution >= 0.6 is 0 Å². The molecule has 0 aliphatic carbocycles. The number of anilines is 1. The fraction of sp³-hybridized carbons (Fsp3) is 0.409. The minimum atomic E-state index is -4.40. The molecule has 1 fully saturated rings. The van der Waals surface area contributed by atoms with E-state index in [0.717, 1.165) is 0 Å². The predicted molar refractivity (Wildman–Crippen MR) is 123 cm³/mol. The molecule has 4 rings (SSSR count). The normalized spacial score (nSPS) is 18.8. The molecule has 0 radical (unpaired) electrons. The molecule has 2 atom stereocenters. The number of carbonyl (C=O) groups is 1. The number of nitrogens with one attached hydrogen (secondary N) is 2. The molecule has 2 unspecified atom stereocenters. The maximum absolute atomic E-state index is 14.5. The van der Waals surface area contributed by atoms with E-state index >= 15 is 0 Å². The summed E-state index contributed by atoms with van der Waals surface area (Å²) in [7, 11) is 3.51. The molecule has 13 heteroatoms. The molecule has 0 spiro atoms. The van der Waals surface area contributed by atoms with Crippen molar-refractivity contribution in [2.24, 2.45) is 7.05 Å². The van der Waals surface area contributed by atoms with Crippen LogP contribution in [0.25, 0.3) is 5.52 Å². The number of fused-ring (bicyclic) bond motifs is 1. The molecule has 8 nitrogen and oxygen atoms in total. The molecule has 1 saturated heterocycles. The minimum absolute atomic E-state index is 0.0108. The summed E-state index contributed by atoms with van der Waals surface area (Å²) < 4.78 is 57.6. The van der Waals surface area contributed by atoms with E-state index in [2.05, 4.69) is 32.6 Å². The number of rotatable bonds is 5. The molecule has 0 bridgehead atoms. The van der Waals surface area contributed by atoms with Crippen molar-refractivity contribution in [3.05, 3.63) is 42.0 Å². The summed E-state index contributed by atoms with van der Waals surface area (Å²) in [4.78, 5) is 18.3. The molecular formula is C22H23F4N7OSe. The van der Waals surface area contributed by atoms with E-state index in [9.17, 15) is 22.4 Å². The quantitative estimate of drug-likeness (QED) is 0.280. The van der Waals surface area contributed by atoms with E-state index in [1.807, 2.05) is 11.9 Å². The average Bonchev–Trinajstić information content (AvgIpc) is 3.36. The van der Waals surface area contributed by atoms with Gasteiger partial charge in [-0.15, -0.1) is 0 Å². The SMILES string of the molecule is CN1CCC(Nc2nccn3c([Se]C(F)(F)F)c(C#CCNC(=O)c4cnn(C)c4)cc23)C(F)C1. The zero-order valence-corrected chi connectivity index (χ0v) is 20.6. The summed E-state index contributed by atoms with van der Waals surface area (Å²) in [6.45, 7) is 0.915. The van der Waals surface area contributed by atoms with Crippen LogP contribution in [0.15, 0.2) is 30.9 Å². The molecule has 0 aromatic carbocycles. The summed E-state index contributed by atoms with van der Waals surface area (Å²) in [6.07, 6.45) is 5.19. The van der Waals surface area contributed by atoms with Gasteiger partial charge in [-0.2, -0.15) is 0 Å². The van der Waals surface area contributed by atoms with Crippen LogP contribution < -0.4 is 15.2 Å². The third kappa shape index (κ3) is 6.14. The topological polar surface area (TPSA) is 79.5 Å². The van der Waals surface area contributed by atoms with Gasteiger partial charge in [-0.05, 0) is 0 Å². The number of alkyl halides is 4. The van der Waals surface area contributed by atoms with Crippen molar-refractivity contribution in [2.45, 2.75) is 23.7 Å². The average molecular weight is 556 g/mol. The Morgan fingerprint density at radius 2 is 2.14 bits per heavy atom. The van der Waals surface area contributed by atoms with Crippen molar-refractivity contribution in [1.29, 1.82) is 0 Å². The van der Waals surface area contributed by atoms with Gasteiger partial charge in [-0.1, -0.05) is 0 Å². The molecule has 1 aliphatic heterocycles. The van der Waals surface area contributed by atoms with Gasteiger partial charge < -0.3 is 0 Å². The first-order valence-electron chi connectivity index (χ1n) is 10.7. The van der Waals surface area contributed by atoms with Gasteiger partial charge in [0.25, 0.3) is 0 Å². The molecule has 0 saturated carbocycles. The first-order chi connectivity index (χ1) is 16.6. The first kappa shape index (κ1) is 25.0. The molecule has 1 aliphatic rings. The molecule has 35 heavy (non-hydrogen) atoms. The summed E-state index contributed by atoms with van der Waals surface area (Å²) in [5, 5.41) is 5.19. The Labute approximate surface area is 205 Å². The van der Waals surface area contributed by atoms with Crippen molar-refractivity contribution in [2.75, 3.05) is 32.0 Å². The van der Waals surface area contributed by atoms with E-state index in [0.29, 0.717) is 29.9 Å². The van der Waals surface area contributed by atoms with Crippen molar-refractivity contribution in [1.82, 2.24) is 29.4 Å². The fourth-order valence-electron chi connectivity index (χ4n) is 3.79. The molecule has 3 aromatic rings. The third-order valence-corrected chi connectivity index (χ3v) is 7.22. The summed E-state index contributed by atoms with van der Waals surface area (Å²) in [6, 6.07) is 1.03. The second kappa shape index (κ2) is 10.3. The number of carbonyl (C=O) groups excluding carboxylic acids is 1. The van der Waals surface area contributed by atoms with E-state index in [1.54, 1.807) is 13.2 Å². The Bertz CT molecular complexity index is 1280. The Hall–Kier alpha value is -3.07. The third-order valence-electron chi connectivity index (χ3n) is 5.46. The van der Waals surface area contributed by atoms with E-state index in [4.69, 9.17) is 0 Å². The Morgan fingerprint density at radius 3 is 2.83 bits per heavy atom. The second-order valence-electron chi connectivity index (χ2n) is 8.15. The van der Waals surface area contributed by atoms with Crippen molar-refractivity contribution in [3.63, 3.8) is 0 Å². The van der Waals surface area contributed by atoms with Gasteiger partial charge in [0.1, 0.15) is 0 Å². The number of hydrogen-bond acceptors (Lipinski definition) is 5. The van der Waals surface area contributed by atoms with Crippen LogP contribution in [0.4, 0.5) is 23.4 Å². The maximum atomic E-state index is 14.5. The predicted octanol–water partition coefficient (Wildman–Crippen LogP) is 1.15. The van der Waals surface area contributed by atoms with Gasteiger partial charge in [-0.3, -0.25) is 0 Å². The van der Waals surface area contributed by atoms with Gasteiger partial charge in [0.15, 0.2) is 0 Å². The van der Waals surface area contributed by atoms with Crippen LogP contribution in [0.5, 0.6) is 0 Å². The molecule has 2 N–H and O–H groups in total. The molecule has 4 heterocycles. The monoisotopic (exact) mass is 557 g/mol. The number of nitrogens with zero attached hydrogens (tertiary/aromatic N) is 5. The van der Waals surface area contributed by atoms with Gasteiger partial charge >= 0.3 is 205 Å². The molecule has 186 valence electrons. The summed E-state index contributed by atoms with van der Waals surface area (Å²) in [5.74, 6) is 5.40. The number of aryl methyl sites for hydroxylation is 1.